The number of carbonyl (C=O) groups excluding carboxylic acids is 2. The molecule has 4 rings (SSSR count). The molecule has 0 saturated carbocycles. The fourth-order valence-electron chi connectivity index (χ4n) is 3.64. The van der Waals surface area contributed by atoms with Crippen molar-refractivity contribution < 1.29 is 19.4 Å². The molecule has 168 valence electrons. The lowest BCUT2D eigenvalue weighted by Crippen LogP contribution is -2.44. The van der Waals surface area contributed by atoms with Crippen molar-refractivity contribution in [3.8, 4) is 11.5 Å². The second-order valence-electron chi connectivity index (χ2n) is 7.88. The molecule has 3 aromatic carbocycles. The van der Waals surface area contributed by atoms with Gasteiger partial charge in [0.05, 0.1) is 0 Å². The van der Waals surface area contributed by atoms with Crippen LogP contribution in [-0.2, 0) is 22.7 Å². The lowest BCUT2D eigenvalue weighted by molar-refractivity contribution is -0.145. The Bertz CT molecular complexity index is 1120. The minimum atomic E-state index is -0.610. The summed E-state index contributed by atoms with van der Waals surface area (Å²) >= 11 is 0. The highest BCUT2D eigenvalue weighted by Gasteiger charge is 2.23. The van der Waals surface area contributed by atoms with E-state index in [1.165, 1.54) is 0 Å². The van der Waals surface area contributed by atoms with E-state index in [-0.39, 0.29) is 12.3 Å². The third-order valence-corrected chi connectivity index (χ3v) is 5.55. The number of hydrogen-bond acceptors (Lipinski definition) is 4. The van der Waals surface area contributed by atoms with Crippen molar-refractivity contribution in [2.24, 2.45) is 0 Å². The lowest BCUT2D eigenvalue weighted by Gasteiger charge is -2.26. The van der Waals surface area contributed by atoms with Gasteiger partial charge in [-0.1, -0.05) is 60.7 Å². The molecule has 6 nitrogen and oxygen atoms in total. The Morgan fingerprint density at radius 3 is 2.30 bits per heavy atom. The summed E-state index contributed by atoms with van der Waals surface area (Å²) in [4.78, 5) is 26.4. The first-order valence-corrected chi connectivity index (χ1v) is 10.9. The largest absolute Gasteiger partial charge is 0.508 e. The van der Waals surface area contributed by atoms with Gasteiger partial charge in [0.15, 0.2) is 0 Å². The van der Waals surface area contributed by atoms with Gasteiger partial charge >= 0.3 is 11.8 Å². The van der Waals surface area contributed by atoms with Crippen molar-refractivity contribution in [2.75, 3.05) is 13.1 Å². The summed E-state index contributed by atoms with van der Waals surface area (Å²) in [7, 11) is 0. The third-order valence-electron chi connectivity index (χ3n) is 5.55. The number of nitrogens with zero attached hydrogens (tertiary/aromatic N) is 1. The van der Waals surface area contributed by atoms with Crippen LogP contribution < -0.4 is 10.1 Å². The number of nitrogens with one attached hydrogen (secondary N) is 1. The monoisotopic (exact) mass is 442 g/mol. The summed E-state index contributed by atoms with van der Waals surface area (Å²) in [6, 6.07) is 24.4. The number of benzene rings is 3. The number of phenols is 1. The lowest BCUT2D eigenvalue weighted by atomic mass is 9.99. The molecule has 1 aliphatic heterocycles. The highest BCUT2D eigenvalue weighted by atomic mass is 16.5. The minimum Gasteiger partial charge on any atom is -0.508 e. The third kappa shape index (κ3) is 6.01. The molecule has 0 atom stereocenters. The highest BCUT2D eigenvalue weighted by molar-refractivity contribution is 6.35. The molecule has 1 aliphatic rings. The molecular formula is C27H26N2O4. The molecule has 0 fully saturated rings. The van der Waals surface area contributed by atoms with E-state index >= 15 is 0 Å². The summed E-state index contributed by atoms with van der Waals surface area (Å²) in [5.41, 5.74) is 4.10. The van der Waals surface area contributed by atoms with E-state index in [0.717, 1.165) is 28.0 Å². The molecule has 6 heteroatoms. The van der Waals surface area contributed by atoms with Crippen LogP contribution in [0.1, 0.15) is 23.1 Å². The Balaban J connectivity index is 1.24. The second kappa shape index (κ2) is 10.5. The van der Waals surface area contributed by atoms with Gasteiger partial charge in [-0.3, -0.25) is 9.59 Å². The zero-order chi connectivity index (χ0) is 23.0. The van der Waals surface area contributed by atoms with Gasteiger partial charge in [-0.15, -0.1) is 0 Å². The number of rotatable bonds is 6. The molecule has 0 aliphatic carbocycles. The first kappa shape index (κ1) is 22.1. The van der Waals surface area contributed by atoms with Gasteiger partial charge in [0.25, 0.3) is 0 Å². The van der Waals surface area contributed by atoms with Crippen molar-refractivity contribution in [3.05, 3.63) is 102 Å². The summed E-state index contributed by atoms with van der Waals surface area (Å²) in [6.07, 6.45) is 2.61. The van der Waals surface area contributed by atoms with Gasteiger partial charge in [0, 0.05) is 19.6 Å². The van der Waals surface area contributed by atoms with Crippen molar-refractivity contribution in [1.29, 1.82) is 0 Å². The summed E-state index contributed by atoms with van der Waals surface area (Å²) < 4.78 is 5.77. The first-order valence-electron chi connectivity index (χ1n) is 10.9. The van der Waals surface area contributed by atoms with E-state index in [1.54, 1.807) is 17.0 Å². The number of hydrogen-bond donors (Lipinski definition) is 2. The Hall–Kier alpha value is -4.06. The number of ether oxygens (including phenoxy) is 1. The number of amides is 2. The van der Waals surface area contributed by atoms with Crippen molar-refractivity contribution in [2.45, 2.75) is 19.6 Å². The Morgan fingerprint density at radius 1 is 0.909 bits per heavy atom. The molecule has 0 aromatic heterocycles. The zero-order valence-electron chi connectivity index (χ0n) is 18.2. The maximum absolute atomic E-state index is 12.5. The van der Waals surface area contributed by atoms with Gasteiger partial charge in [-0.25, -0.2) is 0 Å². The van der Waals surface area contributed by atoms with E-state index < -0.39 is 11.8 Å². The SMILES string of the molecule is O=C(NCc1ccc(OCc2ccccc2)cc1)C(=O)N1CC=C(c2ccc(O)cc2)CC1. The second-order valence-corrected chi connectivity index (χ2v) is 7.88. The van der Waals surface area contributed by atoms with Crippen LogP contribution in [0.3, 0.4) is 0 Å². The summed E-state index contributed by atoms with van der Waals surface area (Å²) in [5, 5.41) is 12.1. The van der Waals surface area contributed by atoms with Crippen LogP contribution in [0.4, 0.5) is 0 Å². The Labute approximate surface area is 193 Å². The fraction of sp³-hybridized carbons (Fsp3) is 0.185. The van der Waals surface area contributed by atoms with Gasteiger partial charge in [-0.2, -0.15) is 0 Å². The summed E-state index contributed by atoms with van der Waals surface area (Å²) in [5.74, 6) is -0.174. The average molecular weight is 443 g/mol. The van der Waals surface area contributed by atoms with E-state index in [9.17, 15) is 14.7 Å². The van der Waals surface area contributed by atoms with Crippen LogP contribution in [0.15, 0.2) is 84.9 Å². The van der Waals surface area contributed by atoms with Gasteiger partial charge in [0.2, 0.25) is 0 Å². The van der Waals surface area contributed by atoms with E-state index in [2.05, 4.69) is 5.32 Å². The zero-order valence-corrected chi connectivity index (χ0v) is 18.2. The Morgan fingerprint density at radius 2 is 1.64 bits per heavy atom. The number of phenolic OH excluding ortho intramolecular Hbond substituents is 1. The molecule has 0 saturated heterocycles. The van der Waals surface area contributed by atoms with Gasteiger partial charge < -0.3 is 20.1 Å². The van der Waals surface area contributed by atoms with Crippen LogP contribution in [-0.4, -0.2) is 34.9 Å². The number of carbonyl (C=O) groups is 2. The van der Waals surface area contributed by atoms with Gasteiger partial charge in [0.1, 0.15) is 18.1 Å². The van der Waals surface area contributed by atoms with Crippen molar-refractivity contribution >= 4 is 17.4 Å². The molecule has 0 unspecified atom stereocenters. The predicted molar refractivity (Wildman–Crippen MR) is 126 cm³/mol. The average Bonchev–Trinajstić information content (AvgIpc) is 2.87. The maximum Gasteiger partial charge on any atom is 0.312 e. The highest BCUT2D eigenvalue weighted by Crippen LogP contribution is 2.24. The molecule has 0 bridgehead atoms. The molecule has 33 heavy (non-hydrogen) atoms. The molecule has 3 aromatic rings. The molecule has 2 N–H and O–H groups in total. The van der Waals surface area contributed by atoms with Crippen molar-refractivity contribution in [3.63, 3.8) is 0 Å². The van der Waals surface area contributed by atoms with Crippen LogP contribution in [0.25, 0.3) is 5.57 Å². The van der Waals surface area contributed by atoms with E-state index in [1.807, 2.05) is 72.8 Å². The quantitative estimate of drug-likeness (QED) is 0.568. The molecule has 1 heterocycles. The van der Waals surface area contributed by atoms with E-state index in [4.69, 9.17) is 4.74 Å². The Kier molecular flexibility index (Phi) is 7.05. The minimum absolute atomic E-state index is 0.220. The van der Waals surface area contributed by atoms with Crippen LogP contribution >= 0.6 is 0 Å². The molecule has 0 spiro atoms. The molecule has 0 radical (unpaired) electrons. The maximum atomic E-state index is 12.5. The van der Waals surface area contributed by atoms with Crippen molar-refractivity contribution in [1.82, 2.24) is 10.2 Å². The first-order chi connectivity index (χ1) is 16.1. The number of aromatic hydroxyl groups is 1. The predicted octanol–water partition coefficient (Wildman–Crippen LogP) is 3.90. The standard InChI is InChI=1S/C27H26N2O4/c30-24-10-8-22(9-11-24)23-14-16-29(17-15-23)27(32)26(31)28-18-20-6-12-25(13-7-20)33-19-21-4-2-1-3-5-21/h1-14,30H,15-19H2,(H,28,31). The van der Waals surface area contributed by atoms with Crippen LogP contribution in [0, 0.1) is 0 Å². The van der Waals surface area contributed by atoms with Crippen LogP contribution in [0.5, 0.6) is 11.5 Å². The normalized spacial score (nSPS) is 13.2. The summed E-state index contributed by atoms with van der Waals surface area (Å²) in [6.45, 7) is 1.62. The topological polar surface area (TPSA) is 78.9 Å². The molecule has 2 amide bonds. The molecular weight excluding hydrogens is 416 g/mol. The van der Waals surface area contributed by atoms with Crippen LogP contribution in [0.2, 0.25) is 0 Å². The fourth-order valence-corrected chi connectivity index (χ4v) is 3.64. The van der Waals surface area contributed by atoms with Gasteiger partial charge in [-0.05, 0) is 52.9 Å². The van der Waals surface area contributed by atoms with E-state index in [0.29, 0.717) is 26.1 Å². The smallest absolute Gasteiger partial charge is 0.312 e.